The summed E-state index contributed by atoms with van der Waals surface area (Å²) < 4.78 is 11.3. The number of amides is 1. The molecule has 4 aromatic rings. The smallest absolute Gasteiger partial charge is 0.262 e. The van der Waals surface area contributed by atoms with Crippen LogP contribution >= 0.6 is 0 Å². The third-order valence-electron chi connectivity index (χ3n) is 4.03. The van der Waals surface area contributed by atoms with E-state index in [4.69, 9.17) is 9.15 Å². The molecule has 2 aromatic heterocycles. The van der Waals surface area contributed by atoms with Gasteiger partial charge in [0.15, 0.2) is 12.2 Å². The summed E-state index contributed by atoms with van der Waals surface area (Å²) in [7, 11) is 0. The summed E-state index contributed by atoms with van der Waals surface area (Å²) in [6, 6.07) is 16.6. The summed E-state index contributed by atoms with van der Waals surface area (Å²) in [6.07, 6.45) is 3.38. The third-order valence-corrected chi connectivity index (χ3v) is 4.03. The van der Waals surface area contributed by atoms with Gasteiger partial charge in [0, 0.05) is 18.1 Å². The van der Waals surface area contributed by atoms with Crippen LogP contribution < -0.4 is 10.1 Å². The summed E-state index contributed by atoms with van der Waals surface area (Å²) in [6.45, 7) is 1.87. The lowest BCUT2D eigenvalue weighted by molar-refractivity contribution is -0.118. The van der Waals surface area contributed by atoms with E-state index in [0.29, 0.717) is 28.4 Å². The number of para-hydroxylation sites is 1. The van der Waals surface area contributed by atoms with Gasteiger partial charge in [-0.2, -0.15) is 0 Å². The first kappa shape index (κ1) is 16.8. The monoisotopic (exact) mass is 359 g/mol. The highest BCUT2D eigenvalue weighted by molar-refractivity contribution is 5.94. The molecule has 6 heteroatoms. The first-order chi connectivity index (χ1) is 13.2. The summed E-state index contributed by atoms with van der Waals surface area (Å²) in [5.74, 6) is 0.943. The van der Waals surface area contributed by atoms with Crippen molar-refractivity contribution in [1.82, 2.24) is 9.97 Å². The zero-order valence-electron chi connectivity index (χ0n) is 14.7. The number of aromatic nitrogens is 2. The van der Waals surface area contributed by atoms with Crippen LogP contribution in [0.3, 0.4) is 0 Å². The maximum atomic E-state index is 12.2. The average molecular weight is 359 g/mol. The molecule has 1 amide bonds. The summed E-state index contributed by atoms with van der Waals surface area (Å²) in [5, 5.41) is 2.81. The molecular weight excluding hydrogens is 342 g/mol. The van der Waals surface area contributed by atoms with E-state index in [2.05, 4.69) is 15.3 Å². The van der Waals surface area contributed by atoms with Crippen molar-refractivity contribution in [2.24, 2.45) is 0 Å². The fraction of sp³-hybridized carbons (Fsp3) is 0.0952. The van der Waals surface area contributed by atoms with Crippen LogP contribution in [-0.4, -0.2) is 22.5 Å². The van der Waals surface area contributed by atoms with E-state index in [-0.39, 0.29) is 12.5 Å². The van der Waals surface area contributed by atoms with Crippen molar-refractivity contribution in [3.05, 3.63) is 72.6 Å². The third kappa shape index (κ3) is 3.79. The van der Waals surface area contributed by atoms with Crippen LogP contribution in [0.15, 0.2) is 71.4 Å². The van der Waals surface area contributed by atoms with E-state index >= 15 is 0 Å². The second kappa shape index (κ2) is 7.29. The lowest BCUT2D eigenvalue weighted by Crippen LogP contribution is -2.20. The first-order valence-electron chi connectivity index (χ1n) is 8.48. The number of hydrogen-bond acceptors (Lipinski definition) is 5. The number of carbonyl (C=O) groups is 1. The van der Waals surface area contributed by atoms with Gasteiger partial charge in [-0.05, 0) is 48.9 Å². The van der Waals surface area contributed by atoms with Gasteiger partial charge in [-0.1, -0.05) is 18.2 Å². The Hall–Kier alpha value is -3.67. The number of benzene rings is 2. The van der Waals surface area contributed by atoms with Crippen molar-refractivity contribution in [3.63, 3.8) is 0 Å². The molecular formula is C21H17N3O3. The van der Waals surface area contributed by atoms with Crippen LogP contribution in [0.2, 0.25) is 0 Å². The Kier molecular flexibility index (Phi) is 4.53. The minimum Gasteiger partial charge on any atom is -0.483 e. The number of anilines is 1. The van der Waals surface area contributed by atoms with E-state index in [1.54, 1.807) is 30.6 Å². The Morgan fingerprint density at radius 1 is 1.15 bits per heavy atom. The number of nitrogens with zero attached hydrogens (tertiary/aromatic N) is 2. The fourth-order valence-electron chi connectivity index (χ4n) is 2.68. The molecule has 0 saturated carbocycles. The topological polar surface area (TPSA) is 77.2 Å². The molecule has 0 saturated heterocycles. The summed E-state index contributed by atoms with van der Waals surface area (Å²) in [4.78, 5) is 20.7. The number of pyridine rings is 1. The van der Waals surface area contributed by atoms with E-state index in [9.17, 15) is 4.79 Å². The normalized spacial score (nSPS) is 10.7. The van der Waals surface area contributed by atoms with Crippen LogP contribution in [0.4, 0.5) is 5.69 Å². The molecule has 27 heavy (non-hydrogen) atoms. The number of rotatable bonds is 5. The van der Waals surface area contributed by atoms with Crippen molar-refractivity contribution in [2.75, 3.05) is 11.9 Å². The van der Waals surface area contributed by atoms with Crippen molar-refractivity contribution in [3.8, 4) is 17.2 Å². The number of oxazole rings is 1. The maximum Gasteiger partial charge on any atom is 0.262 e. The number of ether oxygens (including phenoxy) is 1. The van der Waals surface area contributed by atoms with Gasteiger partial charge in [-0.25, -0.2) is 4.98 Å². The fourth-order valence-corrected chi connectivity index (χ4v) is 2.68. The molecule has 2 heterocycles. The first-order valence-corrected chi connectivity index (χ1v) is 8.48. The molecule has 0 aliphatic rings. The predicted octanol–water partition coefficient (Wildman–Crippen LogP) is 4.22. The van der Waals surface area contributed by atoms with Gasteiger partial charge in [-0.15, -0.1) is 0 Å². The standard InChI is InChI=1S/C21H17N3O3/c1-14-5-2-3-7-18(14)26-13-20(25)23-16-8-9-19-17(11-16)24-21(27-19)15-6-4-10-22-12-15/h2-12H,13H2,1H3,(H,23,25). The highest BCUT2D eigenvalue weighted by Gasteiger charge is 2.10. The number of hydrogen-bond donors (Lipinski definition) is 1. The SMILES string of the molecule is Cc1ccccc1OCC(=O)Nc1ccc2oc(-c3cccnc3)nc2c1. The molecule has 0 fully saturated rings. The van der Waals surface area contributed by atoms with Crippen LogP contribution in [0.5, 0.6) is 5.75 Å². The Morgan fingerprint density at radius 3 is 2.85 bits per heavy atom. The number of aryl methyl sites for hydroxylation is 1. The zero-order chi connectivity index (χ0) is 18.6. The molecule has 0 aliphatic carbocycles. The predicted molar refractivity (Wildman–Crippen MR) is 103 cm³/mol. The van der Waals surface area contributed by atoms with Crippen molar-refractivity contribution in [2.45, 2.75) is 6.92 Å². The summed E-state index contributed by atoms with van der Waals surface area (Å²) >= 11 is 0. The molecule has 0 atom stereocenters. The molecule has 1 N–H and O–H groups in total. The molecule has 2 aromatic carbocycles. The number of carbonyl (C=O) groups excluding carboxylic acids is 1. The van der Waals surface area contributed by atoms with Gasteiger partial charge in [0.25, 0.3) is 5.91 Å². The Balaban J connectivity index is 1.46. The summed E-state index contributed by atoms with van der Waals surface area (Å²) in [5.41, 5.74) is 3.71. The molecule has 0 bridgehead atoms. The van der Waals surface area contributed by atoms with Gasteiger partial charge in [0.1, 0.15) is 11.3 Å². The quantitative estimate of drug-likeness (QED) is 0.577. The van der Waals surface area contributed by atoms with Gasteiger partial charge in [0.05, 0.1) is 5.56 Å². The molecule has 4 rings (SSSR count). The number of nitrogens with one attached hydrogen (secondary N) is 1. The Bertz CT molecular complexity index is 1090. The lowest BCUT2D eigenvalue weighted by atomic mass is 10.2. The lowest BCUT2D eigenvalue weighted by Gasteiger charge is -2.09. The van der Waals surface area contributed by atoms with Crippen molar-refractivity contribution >= 4 is 22.7 Å². The second-order valence-electron chi connectivity index (χ2n) is 6.05. The highest BCUT2D eigenvalue weighted by Crippen LogP contribution is 2.25. The van der Waals surface area contributed by atoms with E-state index in [0.717, 1.165) is 11.1 Å². The van der Waals surface area contributed by atoms with Gasteiger partial charge in [-0.3, -0.25) is 9.78 Å². The minimum absolute atomic E-state index is 0.0668. The van der Waals surface area contributed by atoms with Gasteiger partial charge in [0.2, 0.25) is 5.89 Å². The Labute approximate surface area is 155 Å². The van der Waals surface area contributed by atoms with E-state index in [1.165, 1.54) is 0 Å². The molecule has 6 nitrogen and oxygen atoms in total. The van der Waals surface area contributed by atoms with E-state index < -0.39 is 0 Å². The minimum atomic E-state index is -0.242. The zero-order valence-corrected chi connectivity index (χ0v) is 14.7. The second-order valence-corrected chi connectivity index (χ2v) is 6.05. The van der Waals surface area contributed by atoms with Crippen molar-refractivity contribution in [1.29, 1.82) is 0 Å². The molecule has 0 radical (unpaired) electrons. The van der Waals surface area contributed by atoms with Crippen LogP contribution in [0.1, 0.15) is 5.56 Å². The molecule has 134 valence electrons. The van der Waals surface area contributed by atoms with Crippen LogP contribution in [0, 0.1) is 6.92 Å². The van der Waals surface area contributed by atoms with Gasteiger partial charge >= 0.3 is 0 Å². The highest BCUT2D eigenvalue weighted by atomic mass is 16.5. The maximum absolute atomic E-state index is 12.2. The number of fused-ring (bicyclic) bond motifs is 1. The Morgan fingerprint density at radius 2 is 2.04 bits per heavy atom. The molecule has 0 aliphatic heterocycles. The molecule has 0 spiro atoms. The average Bonchev–Trinajstić information content (AvgIpc) is 3.11. The van der Waals surface area contributed by atoms with Crippen LogP contribution in [0.25, 0.3) is 22.6 Å². The molecule has 0 unspecified atom stereocenters. The van der Waals surface area contributed by atoms with Crippen molar-refractivity contribution < 1.29 is 13.9 Å². The van der Waals surface area contributed by atoms with E-state index in [1.807, 2.05) is 43.3 Å². The van der Waals surface area contributed by atoms with Gasteiger partial charge < -0.3 is 14.5 Å². The van der Waals surface area contributed by atoms with Crippen LogP contribution in [-0.2, 0) is 4.79 Å². The largest absolute Gasteiger partial charge is 0.483 e.